The van der Waals surface area contributed by atoms with Gasteiger partial charge in [0.05, 0.1) is 0 Å². The predicted molar refractivity (Wildman–Crippen MR) is 37.0 cm³/mol. The van der Waals surface area contributed by atoms with Crippen LogP contribution in [0.25, 0.3) is 0 Å². The minimum absolute atomic E-state index is 0.0418. The summed E-state index contributed by atoms with van der Waals surface area (Å²) in [6.45, 7) is 0. The summed E-state index contributed by atoms with van der Waals surface area (Å²) in [5.41, 5.74) is -0.0418. The molecule has 5 heteroatoms. The number of alkyl halides is 3. The average Bonchev–Trinajstić information content (AvgIpc) is 2.03. The van der Waals surface area contributed by atoms with Crippen molar-refractivity contribution in [2.45, 2.75) is 12.7 Å². The molecule has 0 saturated heterocycles. The van der Waals surface area contributed by atoms with E-state index in [1.54, 1.807) is 6.07 Å². The first-order chi connectivity index (χ1) is 5.99. The van der Waals surface area contributed by atoms with Crippen LogP contribution in [0, 0.1) is 0 Å². The Hall–Kier alpha value is -1.07. The molecule has 0 heterocycles. The first-order valence-corrected chi connectivity index (χ1v) is 3.44. The molecule has 13 heavy (non-hydrogen) atoms. The zero-order valence-electron chi connectivity index (χ0n) is 6.41. The second-order valence-corrected chi connectivity index (χ2v) is 2.31. The van der Waals surface area contributed by atoms with Crippen molar-refractivity contribution >= 4 is 0 Å². The molecule has 71 valence electrons. The molecule has 1 rings (SSSR count). The molecule has 1 aromatic rings. The topological polar surface area (TPSA) is 29.1 Å². The maximum Gasteiger partial charge on any atom is 0.525 e. The van der Waals surface area contributed by atoms with Crippen LogP contribution in [-0.4, -0.2) is 6.36 Å². The number of ether oxygens (including phenoxy) is 1. The molecule has 0 saturated carbocycles. The third-order valence-corrected chi connectivity index (χ3v) is 1.31. The van der Waals surface area contributed by atoms with Crippen LogP contribution in [0.5, 0.6) is 0 Å². The molecule has 0 N–H and O–H groups in total. The lowest BCUT2D eigenvalue weighted by Crippen LogP contribution is -2.16. The smallest absolute Gasteiger partial charge is 0.254 e. The van der Waals surface area contributed by atoms with Crippen molar-refractivity contribution in [3.63, 3.8) is 0 Å². The molecule has 0 amide bonds. The number of rotatable bonds is 2. The summed E-state index contributed by atoms with van der Waals surface area (Å²) < 4.78 is 38.0. The Morgan fingerprint density at radius 2 is 1.69 bits per heavy atom. The number of halogens is 3. The molecule has 0 bridgehead atoms. The zero-order valence-corrected chi connectivity index (χ0v) is 6.41. The standard InChI is InChI=1S/C8H6F3O2/c9-8(10,11)13-7(12)6-4-2-1-3-5-6/h1-5,7H. The van der Waals surface area contributed by atoms with Crippen molar-refractivity contribution in [1.82, 2.24) is 0 Å². The van der Waals surface area contributed by atoms with E-state index in [0.717, 1.165) is 0 Å². The Labute approximate surface area is 72.6 Å². The van der Waals surface area contributed by atoms with E-state index in [1.165, 1.54) is 24.3 Å². The molecule has 1 aromatic carbocycles. The van der Waals surface area contributed by atoms with Gasteiger partial charge in [-0.1, -0.05) is 30.3 Å². The van der Waals surface area contributed by atoms with E-state index in [1.807, 2.05) is 0 Å². The lowest BCUT2D eigenvalue weighted by molar-refractivity contribution is -0.384. The Morgan fingerprint density at radius 3 is 2.15 bits per heavy atom. The predicted octanol–water partition coefficient (Wildman–Crippen LogP) is 2.65. The van der Waals surface area contributed by atoms with Gasteiger partial charge in [-0.2, -0.15) is 5.11 Å². The fraction of sp³-hybridized carbons (Fsp3) is 0.250. The van der Waals surface area contributed by atoms with Crippen LogP contribution in [0.2, 0.25) is 0 Å². The molecular formula is C8H6F3O2. The van der Waals surface area contributed by atoms with Crippen LogP contribution in [0.1, 0.15) is 11.9 Å². The van der Waals surface area contributed by atoms with Gasteiger partial charge in [-0.25, -0.2) is 0 Å². The van der Waals surface area contributed by atoms with E-state index in [0.29, 0.717) is 0 Å². The summed E-state index contributed by atoms with van der Waals surface area (Å²) in [6.07, 6.45) is -7.09. The van der Waals surface area contributed by atoms with Crippen LogP contribution in [-0.2, 0) is 9.84 Å². The highest BCUT2D eigenvalue weighted by Crippen LogP contribution is 2.25. The second kappa shape index (κ2) is 3.76. The summed E-state index contributed by atoms with van der Waals surface area (Å²) in [6, 6.07) is 7.11. The van der Waals surface area contributed by atoms with Gasteiger partial charge in [-0.3, -0.25) is 4.74 Å². The molecule has 0 spiro atoms. The van der Waals surface area contributed by atoms with E-state index in [4.69, 9.17) is 0 Å². The quantitative estimate of drug-likeness (QED) is 0.660. The first-order valence-electron chi connectivity index (χ1n) is 3.44. The Kier molecular flexibility index (Phi) is 2.90. The van der Waals surface area contributed by atoms with Crippen LogP contribution < -0.4 is 0 Å². The van der Waals surface area contributed by atoms with E-state index in [9.17, 15) is 18.3 Å². The largest absolute Gasteiger partial charge is 0.525 e. The van der Waals surface area contributed by atoms with Gasteiger partial charge in [0.15, 0.2) is 0 Å². The number of benzene rings is 1. The minimum atomic E-state index is -4.89. The third kappa shape index (κ3) is 3.43. The fourth-order valence-electron chi connectivity index (χ4n) is 0.800. The molecule has 0 aromatic heterocycles. The van der Waals surface area contributed by atoms with Gasteiger partial charge in [-0.15, -0.1) is 13.2 Å². The van der Waals surface area contributed by atoms with Gasteiger partial charge >= 0.3 is 6.36 Å². The van der Waals surface area contributed by atoms with Gasteiger partial charge in [0.25, 0.3) is 0 Å². The average molecular weight is 191 g/mol. The minimum Gasteiger partial charge on any atom is -0.254 e. The summed E-state index contributed by atoms with van der Waals surface area (Å²) in [7, 11) is 0. The van der Waals surface area contributed by atoms with E-state index in [2.05, 4.69) is 4.74 Å². The van der Waals surface area contributed by atoms with Crippen molar-refractivity contribution in [1.29, 1.82) is 0 Å². The Balaban J connectivity index is 2.64. The molecule has 1 radical (unpaired) electrons. The highest BCUT2D eigenvalue weighted by Gasteiger charge is 2.34. The molecule has 1 atom stereocenters. The highest BCUT2D eigenvalue weighted by molar-refractivity contribution is 5.15. The molecular weight excluding hydrogens is 185 g/mol. The van der Waals surface area contributed by atoms with Crippen molar-refractivity contribution in [2.75, 3.05) is 0 Å². The van der Waals surface area contributed by atoms with E-state index >= 15 is 0 Å². The molecule has 0 fully saturated rings. The molecule has 0 aliphatic carbocycles. The zero-order chi connectivity index (χ0) is 9.90. The van der Waals surface area contributed by atoms with Crippen molar-refractivity contribution in [3.05, 3.63) is 35.9 Å². The van der Waals surface area contributed by atoms with Crippen molar-refractivity contribution < 1.29 is 23.0 Å². The van der Waals surface area contributed by atoms with Crippen molar-refractivity contribution in [3.8, 4) is 0 Å². The maximum absolute atomic E-state index is 11.6. The van der Waals surface area contributed by atoms with Gasteiger partial charge in [-0.05, 0) is 0 Å². The van der Waals surface area contributed by atoms with Gasteiger partial charge in [0.2, 0.25) is 6.29 Å². The maximum atomic E-state index is 11.6. The highest BCUT2D eigenvalue weighted by atomic mass is 19.4. The lowest BCUT2D eigenvalue weighted by Gasteiger charge is -2.11. The van der Waals surface area contributed by atoms with Crippen LogP contribution in [0.4, 0.5) is 13.2 Å². The van der Waals surface area contributed by atoms with Gasteiger partial charge in [0, 0.05) is 5.56 Å². The van der Waals surface area contributed by atoms with Gasteiger partial charge < -0.3 is 0 Å². The summed E-state index contributed by atoms with van der Waals surface area (Å²) in [5.74, 6) is 0. The first kappa shape index (κ1) is 10.0. The van der Waals surface area contributed by atoms with Crippen LogP contribution in [0.15, 0.2) is 30.3 Å². The molecule has 2 nitrogen and oxygen atoms in total. The third-order valence-electron chi connectivity index (χ3n) is 1.31. The van der Waals surface area contributed by atoms with Crippen molar-refractivity contribution in [2.24, 2.45) is 0 Å². The number of hydrogen-bond acceptors (Lipinski definition) is 1. The summed E-state index contributed by atoms with van der Waals surface area (Å²) in [5, 5.41) is 10.8. The Morgan fingerprint density at radius 1 is 1.15 bits per heavy atom. The van der Waals surface area contributed by atoms with E-state index < -0.39 is 12.7 Å². The monoisotopic (exact) mass is 191 g/mol. The normalized spacial score (nSPS) is 14.2. The lowest BCUT2D eigenvalue weighted by atomic mass is 10.2. The summed E-state index contributed by atoms with van der Waals surface area (Å²) in [4.78, 5) is 0. The second-order valence-electron chi connectivity index (χ2n) is 2.31. The molecule has 1 unspecified atom stereocenters. The molecule has 0 aliphatic rings. The van der Waals surface area contributed by atoms with Gasteiger partial charge in [0.1, 0.15) is 0 Å². The SMILES string of the molecule is [O]C(OC(F)(F)F)c1ccccc1. The number of hydrogen-bond donors (Lipinski definition) is 0. The summed E-state index contributed by atoms with van der Waals surface area (Å²) >= 11 is 0. The van der Waals surface area contributed by atoms with E-state index in [-0.39, 0.29) is 5.56 Å². The Bertz CT molecular complexity index is 258. The van der Waals surface area contributed by atoms with Crippen LogP contribution in [0.3, 0.4) is 0 Å². The fourth-order valence-corrected chi connectivity index (χ4v) is 0.800. The van der Waals surface area contributed by atoms with Crippen LogP contribution >= 0.6 is 0 Å². The molecule has 0 aliphatic heterocycles.